The van der Waals surface area contributed by atoms with Gasteiger partial charge in [0, 0.05) is 11.6 Å². The molecule has 1 aromatic carbocycles. The van der Waals surface area contributed by atoms with Crippen molar-refractivity contribution in [2.75, 3.05) is 20.3 Å². The van der Waals surface area contributed by atoms with Crippen LogP contribution in [0.5, 0.6) is 0 Å². The first-order valence-corrected chi connectivity index (χ1v) is 7.52. The zero-order valence-corrected chi connectivity index (χ0v) is 14.0. The summed E-state index contributed by atoms with van der Waals surface area (Å²) in [5, 5.41) is 0. The maximum Gasteiger partial charge on any atom is 0.357 e. The van der Waals surface area contributed by atoms with Gasteiger partial charge in [-0.15, -0.1) is 0 Å². The van der Waals surface area contributed by atoms with E-state index in [1.165, 1.54) is 25.3 Å². The minimum Gasteiger partial charge on any atom is -0.478 e. The quantitative estimate of drug-likeness (QED) is 0.252. The fraction of sp³-hybridized carbons (Fsp3) is 0.278. The number of carbonyl (C=O) groups is 2. The molecule has 0 saturated carbocycles. The van der Waals surface area contributed by atoms with Crippen LogP contribution < -0.4 is 0 Å². The highest BCUT2D eigenvalue weighted by atomic mass is 16.5. The second kappa shape index (κ2) is 10.8. The van der Waals surface area contributed by atoms with Crippen LogP contribution in [-0.2, 0) is 23.8 Å². The average molecular weight is 331 g/mol. The van der Waals surface area contributed by atoms with Crippen molar-refractivity contribution in [3.05, 3.63) is 59.8 Å². The highest BCUT2D eigenvalue weighted by Crippen LogP contribution is 2.09. The number of allylic oxidation sites excluding steroid dienone is 2. The van der Waals surface area contributed by atoms with Crippen molar-refractivity contribution in [1.29, 1.82) is 0 Å². The van der Waals surface area contributed by atoms with Crippen LogP contribution in [0.3, 0.4) is 0 Å². The van der Waals surface area contributed by atoms with Gasteiger partial charge in [0.25, 0.3) is 0 Å². The molecule has 1 aromatic rings. The van der Waals surface area contributed by atoms with Crippen molar-refractivity contribution >= 4 is 17.8 Å². The lowest BCUT2D eigenvalue weighted by atomic mass is 10.2. The van der Waals surface area contributed by atoms with E-state index >= 15 is 0 Å². The molecule has 0 aliphatic carbocycles. The van der Waals surface area contributed by atoms with E-state index in [9.17, 15) is 9.59 Å². The van der Waals surface area contributed by atoms with Gasteiger partial charge in [-0.25, -0.2) is 14.6 Å². The van der Waals surface area contributed by atoms with Crippen molar-refractivity contribution in [3.63, 3.8) is 0 Å². The average Bonchev–Trinajstić information content (AvgIpc) is 2.60. The van der Waals surface area contributed by atoms with Crippen LogP contribution in [0, 0.1) is 0 Å². The minimum atomic E-state index is -0.611. The molecule has 1 rings (SSSR count). The predicted octanol–water partition coefficient (Wildman–Crippen LogP) is 2.65. The fourth-order valence-corrected chi connectivity index (χ4v) is 1.65. The van der Waals surface area contributed by atoms with E-state index in [-0.39, 0.29) is 12.3 Å². The molecule has 0 aliphatic rings. The number of ether oxygens (including phenoxy) is 3. The van der Waals surface area contributed by atoms with Gasteiger partial charge in [-0.3, -0.25) is 0 Å². The maximum atomic E-state index is 12.1. The van der Waals surface area contributed by atoms with Gasteiger partial charge in [0.05, 0.1) is 20.3 Å². The zero-order chi connectivity index (χ0) is 17.8. The lowest BCUT2D eigenvalue weighted by Crippen LogP contribution is -2.12. The SMILES string of the molecule is CCOC(=O)/C(=C/C=C\C(=O)OC)N=C(OCC)c1ccccc1. The summed E-state index contributed by atoms with van der Waals surface area (Å²) < 4.78 is 15.0. The second-order valence-corrected chi connectivity index (χ2v) is 4.37. The molecule has 0 N–H and O–H groups in total. The lowest BCUT2D eigenvalue weighted by molar-refractivity contribution is -0.138. The highest BCUT2D eigenvalue weighted by Gasteiger charge is 2.12. The molecule has 0 spiro atoms. The van der Waals surface area contributed by atoms with Crippen LogP contribution in [-0.4, -0.2) is 38.2 Å². The predicted molar refractivity (Wildman–Crippen MR) is 90.5 cm³/mol. The summed E-state index contributed by atoms with van der Waals surface area (Å²) in [6.45, 7) is 4.12. The molecule has 128 valence electrons. The van der Waals surface area contributed by atoms with Gasteiger partial charge in [0.1, 0.15) is 0 Å². The maximum absolute atomic E-state index is 12.1. The van der Waals surface area contributed by atoms with Crippen molar-refractivity contribution in [2.45, 2.75) is 13.8 Å². The third-order valence-electron chi connectivity index (χ3n) is 2.70. The molecule has 0 radical (unpaired) electrons. The monoisotopic (exact) mass is 331 g/mol. The first-order valence-electron chi connectivity index (χ1n) is 7.52. The molecule has 0 aromatic heterocycles. The Morgan fingerprint density at radius 2 is 1.75 bits per heavy atom. The van der Waals surface area contributed by atoms with E-state index in [1.54, 1.807) is 6.92 Å². The van der Waals surface area contributed by atoms with E-state index in [0.29, 0.717) is 12.5 Å². The molecule has 24 heavy (non-hydrogen) atoms. The van der Waals surface area contributed by atoms with E-state index in [2.05, 4.69) is 9.73 Å². The Morgan fingerprint density at radius 1 is 1.08 bits per heavy atom. The Kier molecular flexibility index (Phi) is 8.60. The number of benzene rings is 1. The summed E-state index contributed by atoms with van der Waals surface area (Å²) in [6, 6.07) is 9.20. The Bertz CT molecular complexity index is 632. The topological polar surface area (TPSA) is 74.2 Å². The third kappa shape index (κ3) is 6.48. The molecule has 6 nitrogen and oxygen atoms in total. The van der Waals surface area contributed by atoms with Crippen molar-refractivity contribution < 1.29 is 23.8 Å². The van der Waals surface area contributed by atoms with Crippen LogP contribution in [0.2, 0.25) is 0 Å². The molecule has 0 fully saturated rings. The van der Waals surface area contributed by atoms with Crippen molar-refractivity contribution in [1.82, 2.24) is 0 Å². The summed E-state index contributed by atoms with van der Waals surface area (Å²) in [5.41, 5.74) is 0.746. The number of aliphatic imine (C=N–C) groups is 1. The van der Waals surface area contributed by atoms with Gasteiger partial charge in [-0.1, -0.05) is 24.3 Å². The molecule has 0 atom stereocenters. The van der Waals surface area contributed by atoms with Gasteiger partial charge in [0.15, 0.2) is 5.70 Å². The summed E-state index contributed by atoms with van der Waals surface area (Å²) in [4.78, 5) is 27.4. The molecular formula is C18H21NO5. The lowest BCUT2D eigenvalue weighted by Gasteiger charge is -2.09. The smallest absolute Gasteiger partial charge is 0.357 e. The van der Waals surface area contributed by atoms with Gasteiger partial charge in [-0.05, 0) is 32.1 Å². The summed E-state index contributed by atoms with van der Waals surface area (Å²) >= 11 is 0. The number of carbonyl (C=O) groups excluding carboxylic acids is 2. The van der Waals surface area contributed by atoms with E-state index in [1.807, 2.05) is 37.3 Å². The van der Waals surface area contributed by atoms with Crippen LogP contribution >= 0.6 is 0 Å². The van der Waals surface area contributed by atoms with Gasteiger partial charge in [-0.2, -0.15) is 0 Å². The van der Waals surface area contributed by atoms with Crippen LogP contribution in [0.25, 0.3) is 0 Å². The normalized spacial score (nSPS) is 12.1. The summed E-state index contributed by atoms with van der Waals surface area (Å²) in [6.07, 6.45) is 3.92. The Morgan fingerprint density at radius 3 is 2.33 bits per heavy atom. The summed E-state index contributed by atoms with van der Waals surface area (Å²) in [7, 11) is 1.27. The van der Waals surface area contributed by atoms with Crippen LogP contribution in [0.4, 0.5) is 0 Å². The largest absolute Gasteiger partial charge is 0.478 e. The van der Waals surface area contributed by atoms with Crippen LogP contribution in [0.1, 0.15) is 19.4 Å². The van der Waals surface area contributed by atoms with E-state index in [0.717, 1.165) is 5.56 Å². The molecule has 6 heteroatoms. The molecule has 0 heterocycles. The minimum absolute atomic E-state index is 0.0179. The molecule has 0 bridgehead atoms. The molecule has 0 aliphatic heterocycles. The standard InChI is InChI=1S/C18H21NO5/c1-4-23-17(14-10-7-6-8-11-14)19-15(18(21)24-5-2)12-9-13-16(20)22-3/h6-13H,4-5H2,1-3H3/b13-9-,15-12-,19-17?. The second-order valence-electron chi connectivity index (χ2n) is 4.37. The number of hydrogen-bond acceptors (Lipinski definition) is 6. The number of esters is 2. The van der Waals surface area contributed by atoms with Crippen LogP contribution in [0.15, 0.2) is 59.2 Å². The molecular weight excluding hydrogens is 310 g/mol. The molecule has 0 saturated heterocycles. The first-order chi connectivity index (χ1) is 11.6. The molecule has 0 amide bonds. The fourth-order valence-electron chi connectivity index (χ4n) is 1.65. The number of methoxy groups -OCH3 is 1. The van der Waals surface area contributed by atoms with Crippen molar-refractivity contribution in [3.8, 4) is 0 Å². The number of nitrogens with zero attached hydrogens (tertiary/aromatic N) is 1. The first kappa shape index (κ1) is 19.2. The van der Waals surface area contributed by atoms with Gasteiger partial charge in [0.2, 0.25) is 5.90 Å². The number of hydrogen-bond donors (Lipinski definition) is 0. The zero-order valence-electron chi connectivity index (χ0n) is 14.0. The highest BCUT2D eigenvalue weighted by molar-refractivity contribution is 5.99. The van der Waals surface area contributed by atoms with E-state index in [4.69, 9.17) is 9.47 Å². The third-order valence-corrected chi connectivity index (χ3v) is 2.70. The number of rotatable bonds is 7. The van der Waals surface area contributed by atoms with Gasteiger partial charge < -0.3 is 14.2 Å². The summed E-state index contributed by atoms with van der Waals surface area (Å²) in [5.74, 6) is -0.851. The Balaban J connectivity index is 3.19. The van der Waals surface area contributed by atoms with Gasteiger partial charge >= 0.3 is 11.9 Å². The van der Waals surface area contributed by atoms with E-state index < -0.39 is 11.9 Å². The van der Waals surface area contributed by atoms with Crippen molar-refractivity contribution in [2.24, 2.45) is 4.99 Å². The Hall–Kier alpha value is -2.89. The Labute approximate surface area is 141 Å². The molecule has 0 unspecified atom stereocenters.